The van der Waals surface area contributed by atoms with E-state index >= 15 is 0 Å². The molecule has 3 nitrogen and oxygen atoms in total. The first kappa shape index (κ1) is 11.3. The highest BCUT2D eigenvalue weighted by molar-refractivity contribution is 7.11. The molecule has 18 heavy (non-hydrogen) atoms. The van der Waals surface area contributed by atoms with E-state index in [0.29, 0.717) is 10.9 Å². The van der Waals surface area contributed by atoms with Gasteiger partial charge in [0.05, 0.1) is 0 Å². The molecule has 0 aliphatic rings. The number of nitrogens with one attached hydrogen (secondary N) is 1. The highest BCUT2D eigenvalue weighted by Gasteiger charge is 1.97. The Morgan fingerprint density at radius 1 is 1.06 bits per heavy atom. The summed E-state index contributed by atoms with van der Waals surface area (Å²) in [4.78, 5) is 16.7. The van der Waals surface area contributed by atoms with Crippen molar-refractivity contribution in [3.05, 3.63) is 66.1 Å². The molecule has 0 saturated carbocycles. The van der Waals surface area contributed by atoms with Crippen molar-refractivity contribution in [2.24, 2.45) is 0 Å². The van der Waals surface area contributed by atoms with Gasteiger partial charge in [-0.3, -0.25) is 0 Å². The lowest BCUT2D eigenvalue weighted by Crippen LogP contribution is -2.20. The number of oxazole rings is 1. The maximum atomic E-state index is 11.7. The van der Waals surface area contributed by atoms with Crippen molar-refractivity contribution in [2.75, 3.05) is 0 Å². The van der Waals surface area contributed by atoms with Crippen molar-refractivity contribution in [2.45, 2.75) is 0 Å². The van der Waals surface area contributed by atoms with Crippen LogP contribution in [0.1, 0.15) is 9.75 Å². The van der Waals surface area contributed by atoms with Crippen LogP contribution in [-0.2, 0) is 0 Å². The Bertz CT molecular complexity index is 792. The second-order valence-corrected chi connectivity index (χ2v) is 5.57. The lowest BCUT2D eigenvalue weighted by Gasteiger charge is -1.79. The first-order chi connectivity index (χ1) is 8.81. The summed E-state index contributed by atoms with van der Waals surface area (Å²) in [6.07, 6.45) is 3.61. The molecule has 0 fully saturated rings. The molecule has 3 aromatic heterocycles. The molecule has 0 aliphatic carbocycles. The van der Waals surface area contributed by atoms with E-state index in [4.69, 9.17) is 4.42 Å². The fraction of sp³-hybridized carbons (Fsp3) is 0. The van der Waals surface area contributed by atoms with Gasteiger partial charge in [0.15, 0.2) is 0 Å². The Hall–Kier alpha value is -1.85. The Morgan fingerprint density at radius 3 is 2.33 bits per heavy atom. The predicted octanol–water partition coefficient (Wildman–Crippen LogP) is 1.75. The zero-order chi connectivity index (χ0) is 12.4. The summed E-state index contributed by atoms with van der Waals surface area (Å²) in [6.45, 7) is 0. The zero-order valence-corrected chi connectivity index (χ0v) is 10.9. The Morgan fingerprint density at radius 2 is 1.72 bits per heavy atom. The van der Waals surface area contributed by atoms with Crippen molar-refractivity contribution in [3.8, 4) is 0 Å². The van der Waals surface area contributed by atoms with Gasteiger partial charge in [-0.15, -0.1) is 22.7 Å². The van der Waals surface area contributed by atoms with Crippen LogP contribution in [0.15, 0.2) is 44.2 Å². The van der Waals surface area contributed by atoms with E-state index in [9.17, 15) is 4.79 Å². The van der Waals surface area contributed by atoms with Crippen LogP contribution in [0.3, 0.4) is 0 Å². The molecule has 0 bridgehead atoms. The second-order valence-electron chi connectivity index (χ2n) is 3.61. The molecule has 0 aromatic carbocycles. The first-order valence-electron chi connectivity index (χ1n) is 5.31. The van der Waals surface area contributed by atoms with Crippen molar-refractivity contribution < 1.29 is 4.42 Å². The predicted molar refractivity (Wildman–Crippen MR) is 74.4 cm³/mol. The number of hydrogen-bond acceptors (Lipinski definition) is 4. The molecule has 0 spiro atoms. The number of aromatic amines is 1. The van der Waals surface area contributed by atoms with E-state index in [1.165, 1.54) is 0 Å². The largest absolute Gasteiger partial charge is 0.405 e. The van der Waals surface area contributed by atoms with Crippen LogP contribution in [0.2, 0.25) is 0 Å². The van der Waals surface area contributed by atoms with Crippen molar-refractivity contribution in [3.63, 3.8) is 0 Å². The zero-order valence-electron chi connectivity index (χ0n) is 9.25. The van der Waals surface area contributed by atoms with Crippen LogP contribution in [0, 0.1) is 0 Å². The summed E-state index contributed by atoms with van der Waals surface area (Å²) in [5.74, 6) is 0. The smallest absolute Gasteiger partial charge is 0.361 e. The Balaban J connectivity index is 2.10. The van der Waals surface area contributed by atoms with Crippen LogP contribution < -0.4 is 16.5 Å². The third-order valence-corrected chi connectivity index (χ3v) is 3.97. The van der Waals surface area contributed by atoms with Gasteiger partial charge in [0, 0.05) is 15.8 Å². The summed E-state index contributed by atoms with van der Waals surface area (Å²) < 4.78 is 5.15. The van der Waals surface area contributed by atoms with Gasteiger partial charge in [-0.25, -0.2) is 4.79 Å². The minimum absolute atomic E-state index is 0.341. The molecule has 0 atom stereocenters. The van der Waals surface area contributed by atoms with Gasteiger partial charge in [-0.05, 0) is 29.0 Å². The molecule has 0 amide bonds. The second kappa shape index (κ2) is 4.80. The summed E-state index contributed by atoms with van der Waals surface area (Å²) in [5, 5.41) is 4.42. The molecule has 0 saturated heterocycles. The minimum Gasteiger partial charge on any atom is -0.405 e. The number of aromatic nitrogens is 1. The average Bonchev–Trinajstić information content (AvgIpc) is 3.04. The van der Waals surface area contributed by atoms with Crippen molar-refractivity contribution in [1.82, 2.24) is 4.98 Å². The van der Waals surface area contributed by atoms with Gasteiger partial charge in [0.25, 0.3) is 0 Å². The molecule has 3 heterocycles. The fourth-order valence-corrected chi connectivity index (χ4v) is 2.85. The summed E-state index contributed by atoms with van der Waals surface area (Å²) in [5.41, 5.74) is 0.136. The van der Waals surface area contributed by atoms with E-state index in [2.05, 4.69) is 4.98 Å². The summed E-state index contributed by atoms with van der Waals surface area (Å²) in [7, 11) is 0. The SMILES string of the molecule is O=c1oc(=Cc2cccs2)[nH]c1=Cc1cccs1. The number of hydrogen-bond donors (Lipinski definition) is 1. The highest BCUT2D eigenvalue weighted by Crippen LogP contribution is 2.08. The van der Waals surface area contributed by atoms with Crippen molar-refractivity contribution >= 4 is 34.8 Å². The van der Waals surface area contributed by atoms with Crippen LogP contribution in [-0.4, -0.2) is 4.98 Å². The van der Waals surface area contributed by atoms with E-state index in [0.717, 1.165) is 9.75 Å². The van der Waals surface area contributed by atoms with E-state index < -0.39 is 0 Å². The van der Waals surface area contributed by atoms with Crippen molar-refractivity contribution in [1.29, 1.82) is 0 Å². The van der Waals surface area contributed by atoms with E-state index in [1.807, 2.05) is 41.1 Å². The van der Waals surface area contributed by atoms with Gasteiger partial charge < -0.3 is 9.40 Å². The average molecular weight is 275 g/mol. The molecule has 3 rings (SSSR count). The van der Waals surface area contributed by atoms with Crippen LogP contribution in [0.25, 0.3) is 12.2 Å². The first-order valence-corrected chi connectivity index (χ1v) is 7.07. The molecule has 0 aliphatic heterocycles. The quantitative estimate of drug-likeness (QED) is 0.774. The number of thiophene rings is 2. The standard InChI is InChI=1S/C13H9NO2S2/c15-13-11(7-9-3-1-5-17-9)14-12(16-13)8-10-4-2-6-18-10/h1-8,14H. The molecule has 1 N–H and O–H groups in total. The molecule has 0 radical (unpaired) electrons. The van der Waals surface area contributed by atoms with Crippen LogP contribution in [0.5, 0.6) is 0 Å². The Kier molecular flexibility index (Phi) is 3.00. The van der Waals surface area contributed by atoms with Crippen LogP contribution >= 0.6 is 22.7 Å². The van der Waals surface area contributed by atoms with Gasteiger partial charge in [-0.1, -0.05) is 12.1 Å². The maximum Gasteiger partial charge on any atom is 0.361 e. The van der Waals surface area contributed by atoms with Gasteiger partial charge in [0.2, 0.25) is 5.55 Å². The monoisotopic (exact) mass is 275 g/mol. The molecular weight excluding hydrogens is 266 g/mol. The summed E-state index contributed by atoms with van der Waals surface area (Å²) >= 11 is 3.17. The molecular formula is C13H9NO2S2. The Labute approximate surface area is 110 Å². The normalized spacial score (nSPS) is 13.3. The summed E-state index contributed by atoms with van der Waals surface area (Å²) in [6, 6.07) is 7.82. The minimum atomic E-state index is -0.341. The van der Waals surface area contributed by atoms with Gasteiger partial charge >= 0.3 is 5.63 Å². The third-order valence-electron chi connectivity index (χ3n) is 2.33. The third kappa shape index (κ3) is 2.37. The lowest BCUT2D eigenvalue weighted by molar-refractivity contribution is 0.486. The van der Waals surface area contributed by atoms with Gasteiger partial charge in [0.1, 0.15) is 5.35 Å². The van der Waals surface area contributed by atoms with E-state index in [1.54, 1.807) is 28.7 Å². The number of rotatable bonds is 2. The molecule has 3 aromatic rings. The van der Waals surface area contributed by atoms with Crippen LogP contribution in [0.4, 0.5) is 0 Å². The molecule has 0 unspecified atom stereocenters. The lowest BCUT2D eigenvalue weighted by atomic mass is 10.4. The fourth-order valence-electron chi connectivity index (χ4n) is 1.54. The highest BCUT2D eigenvalue weighted by atomic mass is 32.1. The number of H-pyrrole nitrogens is 1. The molecule has 5 heteroatoms. The maximum absolute atomic E-state index is 11.7. The molecule has 90 valence electrons. The van der Waals surface area contributed by atoms with E-state index in [-0.39, 0.29) is 5.63 Å². The van der Waals surface area contributed by atoms with Gasteiger partial charge in [-0.2, -0.15) is 0 Å². The topological polar surface area (TPSA) is 46.0 Å².